The highest BCUT2D eigenvalue weighted by atomic mass is 19.4. The molecule has 0 bridgehead atoms. The number of benzene rings is 1. The lowest BCUT2D eigenvalue weighted by Crippen LogP contribution is -2.73. The van der Waals surface area contributed by atoms with Crippen molar-refractivity contribution < 1.29 is 41.0 Å². The van der Waals surface area contributed by atoms with Gasteiger partial charge in [-0.3, -0.25) is 4.79 Å². The second kappa shape index (κ2) is 5.65. The van der Waals surface area contributed by atoms with Crippen molar-refractivity contribution in [2.24, 2.45) is 5.92 Å². The quantitative estimate of drug-likeness (QED) is 0.710. The van der Waals surface area contributed by atoms with E-state index < -0.39 is 41.9 Å². The van der Waals surface area contributed by atoms with Gasteiger partial charge in [0.2, 0.25) is 11.5 Å². The van der Waals surface area contributed by atoms with Gasteiger partial charge in [0, 0.05) is 0 Å². The molecule has 2 amide bonds. The Morgan fingerprint density at radius 2 is 1.62 bits per heavy atom. The van der Waals surface area contributed by atoms with E-state index in [0.717, 1.165) is 17.4 Å². The molecule has 132 valence electrons. The molecule has 0 saturated carbocycles. The second-order valence-electron chi connectivity index (χ2n) is 5.09. The Bertz CT molecular complexity index is 645. The molecule has 1 aromatic rings. The van der Waals surface area contributed by atoms with Gasteiger partial charge in [0.15, 0.2) is 0 Å². The highest BCUT2D eigenvalue weighted by molar-refractivity contribution is 5.91. The Hall–Kier alpha value is -2.30. The van der Waals surface area contributed by atoms with Crippen LogP contribution >= 0.6 is 0 Å². The van der Waals surface area contributed by atoms with Crippen molar-refractivity contribution in [1.29, 1.82) is 0 Å². The van der Waals surface area contributed by atoms with E-state index in [1.165, 1.54) is 18.2 Å². The summed E-state index contributed by atoms with van der Waals surface area (Å²) in [5, 5.41) is 12.6. The van der Waals surface area contributed by atoms with Gasteiger partial charge in [-0.25, -0.2) is 4.79 Å². The molecule has 3 atom stereocenters. The molecule has 3 N–H and O–H groups in total. The van der Waals surface area contributed by atoms with Gasteiger partial charge in [-0.15, -0.1) is 0 Å². The van der Waals surface area contributed by atoms with Crippen molar-refractivity contribution in [2.75, 3.05) is 0 Å². The molecule has 0 aromatic heterocycles. The lowest BCUT2D eigenvalue weighted by molar-refractivity contribution is -0.295. The van der Waals surface area contributed by atoms with Crippen molar-refractivity contribution >= 4 is 11.8 Å². The van der Waals surface area contributed by atoms with Gasteiger partial charge < -0.3 is 15.7 Å². The Morgan fingerprint density at radius 3 is 2.08 bits per heavy atom. The first kappa shape index (κ1) is 18.0. The van der Waals surface area contributed by atoms with Gasteiger partial charge >= 0.3 is 18.4 Å². The largest absolute Gasteiger partial charge is 0.450 e. The molecule has 1 aromatic carbocycles. The van der Waals surface area contributed by atoms with E-state index in [9.17, 15) is 41.0 Å². The van der Waals surface area contributed by atoms with Crippen LogP contribution in [-0.2, 0) is 4.79 Å². The third-order valence-corrected chi connectivity index (χ3v) is 3.53. The number of Topliss-reactive ketones (excluding diaryl/α,β-unsaturated/α-hetero) is 1. The topological polar surface area (TPSA) is 78.4 Å². The molecular formula is C13H10F6N2O3. The minimum Gasteiger partial charge on any atom is -0.363 e. The summed E-state index contributed by atoms with van der Waals surface area (Å²) in [4.78, 5) is 23.0. The average Bonchev–Trinajstić information content (AvgIpc) is 2.44. The highest BCUT2D eigenvalue weighted by Crippen LogP contribution is 2.45. The van der Waals surface area contributed by atoms with Crippen molar-refractivity contribution in [3.8, 4) is 0 Å². The molecule has 1 fully saturated rings. The molecular weight excluding hydrogens is 346 g/mol. The number of nitrogens with one attached hydrogen (secondary N) is 2. The van der Waals surface area contributed by atoms with Crippen LogP contribution in [0.15, 0.2) is 30.3 Å². The van der Waals surface area contributed by atoms with E-state index in [-0.39, 0.29) is 5.56 Å². The predicted molar refractivity (Wildman–Crippen MR) is 66.4 cm³/mol. The SMILES string of the molecule is O=C1N[C@H](c2ccccc2)[C@@H](C(=O)C(F)(F)F)[C@@](O)(C(F)(F)F)N1. The maximum absolute atomic E-state index is 13.2. The molecule has 0 spiro atoms. The fourth-order valence-electron chi connectivity index (χ4n) is 2.45. The van der Waals surface area contributed by atoms with Gasteiger partial charge in [-0.2, -0.15) is 26.3 Å². The first-order chi connectivity index (χ1) is 10.9. The number of rotatable bonds is 2. The first-order valence-corrected chi connectivity index (χ1v) is 6.41. The molecule has 1 aliphatic rings. The number of carbonyl (C=O) groups is 2. The van der Waals surface area contributed by atoms with Crippen LogP contribution in [-0.4, -0.2) is 35.0 Å². The Labute approximate surface area is 130 Å². The monoisotopic (exact) mass is 356 g/mol. The standard InChI is InChI=1S/C13H10F6N2O3/c14-12(15,16)9(22)7-8(6-4-2-1-3-5-6)20-10(23)21-11(7,24)13(17,18)19/h1-5,7-8,24H,(H2,20,21,23)/t7-,8+,11+/m0/s1. The van der Waals surface area contributed by atoms with E-state index >= 15 is 0 Å². The lowest BCUT2D eigenvalue weighted by atomic mass is 9.79. The zero-order chi connectivity index (χ0) is 18.3. The zero-order valence-electron chi connectivity index (χ0n) is 11.6. The predicted octanol–water partition coefficient (Wildman–Crippen LogP) is 2.04. The van der Waals surface area contributed by atoms with Crippen LogP contribution in [0.4, 0.5) is 31.1 Å². The van der Waals surface area contributed by atoms with Gasteiger partial charge in [-0.05, 0) is 5.56 Å². The molecule has 0 unspecified atom stereocenters. The Morgan fingerprint density at radius 1 is 1.08 bits per heavy atom. The van der Waals surface area contributed by atoms with Crippen molar-refractivity contribution in [3.05, 3.63) is 35.9 Å². The van der Waals surface area contributed by atoms with Crippen molar-refractivity contribution in [2.45, 2.75) is 24.1 Å². The summed E-state index contributed by atoms with van der Waals surface area (Å²) < 4.78 is 77.9. The maximum atomic E-state index is 13.2. The minimum absolute atomic E-state index is 0.197. The smallest absolute Gasteiger partial charge is 0.363 e. The van der Waals surface area contributed by atoms with Gasteiger partial charge in [0.05, 0.1) is 6.04 Å². The summed E-state index contributed by atoms with van der Waals surface area (Å²) >= 11 is 0. The number of carbonyl (C=O) groups excluding carboxylic acids is 2. The number of hydrogen-bond donors (Lipinski definition) is 3. The molecule has 2 rings (SSSR count). The van der Waals surface area contributed by atoms with E-state index in [2.05, 4.69) is 0 Å². The van der Waals surface area contributed by atoms with Crippen LogP contribution in [0.2, 0.25) is 0 Å². The zero-order valence-corrected chi connectivity index (χ0v) is 11.6. The number of hydrogen-bond acceptors (Lipinski definition) is 3. The van der Waals surface area contributed by atoms with Crippen molar-refractivity contribution in [3.63, 3.8) is 0 Å². The summed E-state index contributed by atoms with van der Waals surface area (Å²) in [5.41, 5.74) is -4.57. The third-order valence-electron chi connectivity index (χ3n) is 3.53. The molecule has 11 heteroatoms. The summed E-state index contributed by atoms with van der Waals surface area (Å²) in [6.07, 6.45) is -11.4. The van der Waals surface area contributed by atoms with Crippen LogP contribution < -0.4 is 10.6 Å². The number of halogens is 6. The molecule has 24 heavy (non-hydrogen) atoms. The van der Waals surface area contributed by atoms with Crippen LogP contribution in [0.25, 0.3) is 0 Å². The van der Waals surface area contributed by atoms with E-state index in [1.807, 2.05) is 5.32 Å². The van der Waals surface area contributed by atoms with Gasteiger partial charge in [-0.1, -0.05) is 30.3 Å². The summed E-state index contributed by atoms with van der Waals surface area (Å²) in [5.74, 6) is -5.87. The summed E-state index contributed by atoms with van der Waals surface area (Å²) in [6, 6.07) is 2.70. The fraction of sp³-hybridized carbons (Fsp3) is 0.385. The van der Waals surface area contributed by atoms with E-state index in [1.54, 1.807) is 0 Å². The molecule has 5 nitrogen and oxygen atoms in total. The van der Waals surface area contributed by atoms with Gasteiger partial charge in [0.25, 0.3) is 0 Å². The average molecular weight is 356 g/mol. The minimum atomic E-state index is -5.72. The van der Waals surface area contributed by atoms with Crippen LogP contribution in [0.5, 0.6) is 0 Å². The Balaban J connectivity index is 2.63. The van der Waals surface area contributed by atoms with Crippen LogP contribution in [0.3, 0.4) is 0 Å². The number of alkyl halides is 6. The maximum Gasteiger partial charge on any atom is 0.450 e. The van der Waals surface area contributed by atoms with Crippen molar-refractivity contribution in [1.82, 2.24) is 10.6 Å². The lowest BCUT2D eigenvalue weighted by Gasteiger charge is -2.45. The normalized spacial score (nSPS) is 28.0. The van der Waals surface area contributed by atoms with Gasteiger partial charge in [0.1, 0.15) is 5.92 Å². The molecule has 1 aliphatic heterocycles. The second-order valence-corrected chi connectivity index (χ2v) is 5.09. The first-order valence-electron chi connectivity index (χ1n) is 6.41. The fourth-order valence-corrected chi connectivity index (χ4v) is 2.45. The third kappa shape index (κ3) is 3.03. The Kier molecular flexibility index (Phi) is 4.25. The number of amides is 2. The highest BCUT2D eigenvalue weighted by Gasteiger charge is 2.69. The van der Waals surface area contributed by atoms with Crippen LogP contribution in [0, 0.1) is 5.92 Å². The number of urea groups is 1. The number of aliphatic hydroxyl groups is 1. The molecule has 0 aliphatic carbocycles. The molecule has 1 heterocycles. The van der Waals surface area contributed by atoms with E-state index in [0.29, 0.717) is 0 Å². The van der Waals surface area contributed by atoms with E-state index in [4.69, 9.17) is 0 Å². The summed E-state index contributed by atoms with van der Waals surface area (Å²) in [6.45, 7) is 0. The summed E-state index contributed by atoms with van der Waals surface area (Å²) in [7, 11) is 0. The number of ketones is 1. The molecule has 1 saturated heterocycles. The molecule has 0 radical (unpaired) electrons. The van der Waals surface area contributed by atoms with Crippen LogP contribution in [0.1, 0.15) is 11.6 Å².